The van der Waals surface area contributed by atoms with E-state index in [1.807, 2.05) is 45.0 Å². The Bertz CT molecular complexity index is 515. The number of aliphatic hydroxyl groups is 1. The first-order chi connectivity index (χ1) is 10.4. The third-order valence-electron chi connectivity index (χ3n) is 4.68. The van der Waals surface area contributed by atoms with E-state index in [1.165, 1.54) is 0 Å². The summed E-state index contributed by atoms with van der Waals surface area (Å²) >= 11 is 0. The minimum atomic E-state index is -0.794. The predicted octanol–water partition coefficient (Wildman–Crippen LogP) is 2.24. The van der Waals surface area contributed by atoms with Crippen molar-refractivity contribution in [3.63, 3.8) is 0 Å². The second-order valence-corrected chi connectivity index (χ2v) is 6.43. The number of nitrogens with one attached hydrogen (secondary N) is 1. The third kappa shape index (κ3) is 3.35. The number of ether oxygens (including phenoxy) is 1. The maximum Gasteiger partial charge on any atom is 0.317 e. The zero-order chi connectivity index (χ0) is 16.3. The van der Waals surface area contributed by atoms with E-state index in [0.717, 1.165) is 11.3 Å². The molecule has 1 aliphatic heterocycles. The summed E-state index contributed by atoms with van der Waals surface area (Å²) in [6, 6.07) is 7.47. The van der Waals surface area contributed by atoms with Crippen LogP contribution in [0, 0.1) is 11.8 Å². The number of urea groups is 1. The van der Waals surface area contributed by atoms with Gasteiger partial charge in [-0.15, -0.1) is 0 Å². The summed E-state index contributed by atoms with van der Waals surface area (Å²) in [7, 11) is 1.63. The molecule has 1 heterocycles. The molecule has 0 spiro atoms. The highest BCUT2D eigenvalue weighted by Crippen LogP contribution is 2.33. The lowest BCUT2D eigenvalue weighted by atomic mass is 9.82. The summed E-state index contributed by atoms with van der Waals surface area (Å²) in [4.78, 5) is 14.0. The van der Waals surface area contributed by atoms with Gasteiger partial charge in [0.15, 0.2) is 0 Å². The van der Waals surface area contributed by atoms with E-state index in [1.54, 1.807) is 12.0 Å². The minimum absolute atomic E-state index is 0.0826. The van der Waals surface area contributed by atoms with Gasteiger partial charge in [-0.2, -0.15) is 0 Å². The van der Waals surface area contributed by atoms with Gasteiger partial charge in [-0.3, -0.25) is 0 Å². The van der Waals surface area contributed by atoms with Crippen molar-refractivity contribution in [2.24, 2.45) is 11.8 Å². The van der Waals surface area contributed by atoms with E-state index < -0.39 is 5.60 Å². The van der Waals surface area contributed by atoms with Gasteiger partial charge in [0.2, 0.25) is 0 Å². The van der Waals surface area contributed by atoms with Gasteiger partial charge in [-0.25, -0.2) is 4.79 Å². The van der Waals surface area contributed by atoms with Crippen LogP contribution in [0.4, 0.5) is 4.79 Å². The molecule has 0 saturated carbocycles. The molecule has 22 heavy (non-hydrogen) atoms. The van der Waals surface area contributed by atoms with Crippen LogP contribution in [0.5, 0.6) is 5.75 Å². The fraction of sp³-hybridized carbons (Fsp3) is 0.588. The van der Waals surface area contributed by atoms with Gasteiger partial charge in [-0.1, -0.05) is 32.9 Å². The molecule has 1 fully saturated rings. The molecule has 0 unspecified atom stereocenters. The first-order valence-corrected chi connectivity index (χ1v) is 7.75. The molecular formula is C17H26N2O3. The van der Waals surface area contributed by atoms with Crippen molar-refractivity contribution in [3.05, 3.63) is 29.8 Å². The van der Waals surface area contributed by atoms with Crippen LogP contribution in [0.2, 0.25) is 0 Å². The van der Waals surface area contributed by atoms with Crippen LogP contribution in [0.15, 0.2) is 24.3 Å². The van der Waals surface area contributed by atoms with E-state index in [9.17, 15) is 9.90 Å². The van der Waals surface area contributed by atoms with Gasteiger partial charge in [0.25, 0.3) is 0 Å². The lowest BCUT2D eigenvalue weighted by molar-refractivity contribution is -0.0235. The molecule has 2 atom stereocenters. The molecule has 1 aliphatic rings. The molecule has 1 saturated heterocycles. The number of carbonyl (C=O) groups excluding carboxylic acids is 1. The number of nitrogens with zero attached hydrogens (tertiary/aromatic N) is 1. The number of carbonyl (C=O) groups is 1. The first-order valence-electron chi connectivity index (χ1n) is 7.75. The zero-order valence-corrected chi connectivity index (χ0v) is 13.8. The molecule has 5 heteroatoms. The monoisotopic (exact) mass is 306 g/mol. The Morgan fingerprint density at radius 1 is 1.45 bits per heavy atom. The number of hydrogen-bond donors (Lipinski definition) is 2. The Labute approximate surface area is 132 Å². The molecule has 1 aromatic rings. The fourth-order valence-corrected chi connectivity index (χ4v) is 2.95. The van der Waals surface area contributed by atoms with Crippen LogP contribution >= 0.6 is 0 Å². The number of hydrogen-bond acceptors (Lipinski definition) is 3. The number of methoxy groups -OCH3 is 1. The molecule has 2 rings (SSSR count). The second-order valence-electron chi connectivity index (χ2n) is 6.43. The molecule has 0 aliphatic carbocycles. The third-order valence-corrected chi connectivity index (χ3v) is 4.68. The van der Waals surface area contributed by atoms with E-state index in [4.69, 9.17) is 4.74 Å². The summed E-state index contributed by atoms with van der Waals surface area (Å²) in [5.74, 6) is 1.01. The summed E-state index contributed by atoms with van der Waals surface area (Å²) in [6.07, 6.45) is 0. The van der Waals surface area contributed by atoms with Crippen molar-refractivity contribution in [1.82, 2.24) is 10.2 Å². The molecule has 122 valence electrons. The Morgan fingerprint density at radius 2 is 2.09 bits per heavy atom. The van der Waals surface area contributed by atoms with E-state index in [-0.39, 0.29) is 17.9 Å². The summed E-state index contributed by atoms with van der Waals surface area (Å²) in [6.45, 7) is 7.43. The van der Waals surface area contributed by atoms with Crippen LogP contribution in [0.3, 0.4) is 0 Å². The molecular weight excluding hydrogens is 280 g/mol. The van der Waals surface area contributed by atoms with Crippen LogP contribution in [0.1, 0.15) is 26.3 Å². The molecule has 2 N–H and O–H groups in total. The minimum Gasteiger partial charge on any atom is -0.497 e. The number of likely N-dealkylation sites (tertiary alicyclic amines) is 1. The molecule has 5 nitrogen and oxygen atoms in total. The van der Waals surface area contributed by atoms with Gasteiger partial charge in [-0.05, 0) is 23.6 Å². The number of β-amino-alcohol motifs (C(OH)–C–C–N with tert-alkyl or cyclic N) is 1. The van der Waals surface area contributed by atoms with E-state index in [2.05, 4.69) is 5.32 Å². The maximum absolute atomic E-state index is 12.3. The van der Waals surface area contributed by atoms with E-state index in [0.29, 0.717) is 19.6 Å². The van der Waals surface area contributed by atoms with Crippen molar-refractivity contribution < 1.29 is 14.6 Å². The van der Waals surface area contributed by atoms with Crippen LogP contribution < -0.4 is 10.1 Å². The van der Waals surface area contributed by atoms with Gasteiger partial charge in [0.05, 0.1) is 19.3 Å². The number of rotatable bonds is 4. The lowest BCUT2D eigenvalue weighted by Crippen LogP contribution is -2.44. The highest BCUT2D eigenvalue weighted by Gasteiger charge is 2.46. The van der Waals surface area contributed by atoms with Crippen LogP contribution in [-0.4, -0.2) is 41.8 Å². The first kappa shape index (κ1) is 16.6. The average Bonchev–Trinajstić information content (AvgIpc) is 2.82. The number of benzene rings is 1. The smallest absolute Gasteiger partial charge is 0.317 e. The highest BCUT2D eigenvalue weighted by atomic mass is 16.5. The van der Waals surface area contributed by atoms with Gasteiger partial charge in [0, 0.05) is 19.0 Å². The Kier molecular flexibility index (Phi) is 4.96. The van der Waals surface area contributed by atoms with Crippen molar-refractivity contribution >= 4 is 6.03 Å². The van der Waals surface area contributed by atoms with Gasteiger partial charge < -0.3 is 20.1 Å². The predicted molar refractivity (Wildman–Crippen MR) is 85.8 cm³/mol. The van der Waals surface area contributed by atoms with E-state index >= 15 is 0 Å². The molecule has 1 aromatic carbocycles. The Morgan fingerprint density at radius 3 is 2.59 bits per heavy atom. The second kappa shape index (κ2) is 6.57. The largest absolute Gasteiger partial charge is 0.497 e. The summed E-state index contributed by atoms with van der Waals surface area (Å²) < 4.78 is 5.11. The molecule has 0 bridgehead atoms. The molecule has 2 amide bonds. The normalized spacial score (nSPS) is 24.6. The Balaban J connectivity index is 1.90. The zero-order valence-electron chi connectivity index (χ0n) is 13.8. The van der Waals surface area contributed by atoms with Crippen molar-refractivity contribution in [2.75, 3.05) is 20.2 Å². The summed E-state index contributed by atoms with van der Waals surface area (Å²) in [5.41, 5.74) is 0.220. The topological polar surface area (TPSA) is 61.8 Å². The molecule has 0 aromatic heterocycles. The average molecular weight is 306 g/mol. The van der Waals surface area contributed by atoms with Gasteiger partial charge in [0.1, 0.15) is 5.75 Å². The van der Waals surface area contributed by atoms with Crippen LogP contribution in [0.25, 0.3) is 0 Å². The van der Waals surface area contributed by atoms with Crippen LogP contribution in [-0.2, 0) is 6.54 Å². The number of amides is 2. The highest BCUT2D eigenvalue weighted by molar-refractivity contribution is 5.74. The lowest BCUT2D eigenvalue weighted by Gasteiger charge is -2.30. The SMILES string of the molecule is COc1ccc(CNC(=O)N2C[C@@H](C)[C@](O)(C(C)C)C2)cc1. The van der Waals surface area contributed by atoms with Crippen molar-refractivity contribution in [1.29, 1.82) is 0 Å². The van der Waals surface area contributed by atoms with Crippen molar-refractivity contribution in [2.45, 2.75) is 32.9 Å². The Hall–Kier alpha value is -1.75. The quantitative estimate of drug-likeness (QED) is 0.897. The fourth-order valence-electron chi connectivity index (χ4n) is 2.95. The summed E-state index contributed by atoms with van der Waals surface area (Å²) in [5, 5.41) is 13.6. The van der Waals surface area contributed by atoms with Gasteiger partial charge >= 0.3 is 6.03 Å². The van der Waals surface area contributed by atoms with Crippen molar-refractivity contribution in [3.8, 4) is 5.75 Å². The standard InChI is InChI=1S/C17H26N2O3/c1-12(2)17(21)11-19(10-13(17)3)16(20)18-9-14-5-7-15(22-4)8-6-14/h5-8,12-13,21H,9-11H2,1-4H3,(H,18,20)/t13-,17-/m1/s1. The maximum atomic E-state index is 12.3. The molecule has 0 radical (unpaired) electrons.